The molecule has 1 fully saturated rings. The Morgan fingerprint density at radius 2 is 2.00 bits per heavy atom. The molecule has 0 spiro atoms. The van der Waals surface area contributed by atoms with Crippen molar-refractivity contribution < 1.29 is 14.9 Å². The molecule has 0 amide bonds. The monoisotopic (exact) mass is 414 g/mol. The van der Waals surface area contributed by atoms with E-state index in [1.807, 2.05) is 16.7 Å². The lowest BCUT2D eigenvalue weighted by Gasteiger charge is -2.16. The van der Waals surface area contributed by atoms with Gasteiger partial charge in [-0.25, -0.2) is 24.9 Å². The number of ether oxygens (including phenoxy) is 1. The quantitative estimate of drug-likeness (QED) is 0.412. The Kier molecular flexibility index (Phi) is 4.54. The molecule has 0 aliphatic carbocycles. The summed E-state index contributed by atoms with van der Waals surface area (Å²) in [5.41, 5.74) is 8.31. The van der Waals surface area contributed by atoms with Crippen LogP contribution in [0.25, 0.3) is 22.3 Å². The van der Waals surface area contributed by atoms with Crippen molar-refractivity contribution in [3.05, 3.63) is 37.3 Å². The van der Waals surface area contributed by atoms with Gasteiger partial charge in [0.25, 0.3) is 0 Å². The van der Waals surface area contributed by atoms with Crippen LogP contribution in [-0.4, -0.2) is 68.3 Å². The molecule has 4 aromatic heterocycles. The first-order chi connectivity index (χ1) is 14.1. The molecule has 12 heteroatoms. The maximum atomic E-state index is 10.5. The topological polar surface area (TPSA) is 150 Å². The molecule has 4 N–H and O–H groups in total. The highest BCUT2D eigenvalue weighted by molar-refractivity contribution is 7.98. The van der Waals surface area contributed by atoms with Gasteiger partial charge in [-0.2, -0.15) is 0 Å². The molecule has 150 valence electrons. The van der Waals surface area contributed by atoms with Gasteiger partial charge in [0.05, 0.1) is 30.2 Å². The second-order valence-electron chi connectivity index (χ2n) is 6.69. The number of pyridine rings is 1. The average Bonchev–Trinajstić information content (AvgIpc) is 3.41. The summed E-state index contributed by atoms with van der Waals surface area (Å²) in [6, 6.07) is 3.82. The fourth-order valence-corrected chi connectivity index (χ4v) is 4.44. The summed E-state index contributed by atoms with van der Waals surface area (Å²) >= 11 is 1.56. The van der Waals surface area contributed by atoms with Crippen molar-refractivity contribution in [2.24, 2.45) is 0 Å². The molecule has 5 heterocycles. The lowest BCUT2D eigenvalue weighted by molar-refractivity contribution is -0.0289. The number of nitrogens with two attached hydrogens (primary N) is 1. The number of anilines is 1. The van der Waals surface area contributed by atoms with E-state index in [4.69, 9.17) is 10.5 Å². The van der Waals surface area contributed by atoms with Crippen molar-refractivity contribution in [1.29, 1.82) is 0 Å². The van der Waals surface area contributed by atoms with Crippen LogP contribution in [0, 0.1) is 0 Å². The zero-order valence-electron chi connectivity index (χ0n) is 15.1. The molecule has 11 nitrogen and oxygen atoms in total. The van der Waals surface area contributed by atoms with Crippen molar-refractivity contribution in [2.75, 3.05) is 11.5 Å². The minimum Gasteiger partial charge on any atom is -0.387 e. The second kappa shape index (κ2) is 7.22. The van der Waals surface area contributed by atoms with Gasteiger partial charge in [0.1, 0.15) is 24.1 Å². The number of nitrogens with zero attached hydrogens (tertiary/aromatic N) is 7. The van der Waals surface area contributed by atoms with Gasteiger partial charge in [0.2, 0.25) is 0 Å². The lowest BCUT2D eigenvalue weighted by atomic mass is 10.1. The standard InChI is InChI=1S/C17H18N8O3S/c18-14-11-16(21-5-20-14)25(7-22-11)17-13(27)12(26)10(28-17)4-29-8-24-6-23-15-9(24)2-1-3-19-15/h1-3,5-7,10,12-13,17,26-27H,4,8H2,(H2,18,20,21). The molecule has 4 atom stereocenters. The van der Waals surface area contributed by atoms with Gasteiger partial charge in [-0.15, -0.1) is 11.8 Å². The second-order valence-corrected chi connectivity index (χ2v) is 7.69. The first-order valence-electron chi connectivity index (χ1n) is 8.91. The molecule has 29 heavy (non-hydrogen) atoms. The Bertz CT molecular complexity index is 1160. The largest absolute Gasteiger partial charge is 0.387 e. The predicted octanol–water partition coefficient (Wildman–Crippen LogP) is 0.163. The molecule has 1 aliphatic rings. The van der Waals surface area contributed by atoms with E-state index < -0.39 is 24.5 Å². The molecule has 0 saturated carbocycles. The third-order valence-corrected chi connectivity index (χ3v) is 5.93. The van der Waals surface area contributed by atoms with Crippen molar-refractivity contribution >= 4 is 39.9 Å². The molecule has 4 aromatic rings. The van der Waals surface area contributed by atoms with E-state index in [0.29, 0.717) is 28.4 Å². The van der Waals surface area contributed by atoms with E-state index in [0.717, 1.165) is 5.52 Å². The fraction of sp³-hybridized carbons (Fsp3) is 0.353. The minimum absolute atomic E-state index is 0.246. The van der Waals surface area contributed by atoms with Crippen LogP contribution in [0.4, 0.5) is 5.82 Å². The number of rotatable bonds is 5. The van der Waals surface area contributed by atoms with Crippen molar-refractivity contribution in [1.82, 2.24) is 34.1 Å². The number of fused-ring (bicyclic) bond motifs is 2. The maximum Gasteiger partial charge on any atom is 0.177 e. The van der Waals surface area contributed by atoms with Crippen LogP contribution < -0.4 is 5.73 Å². The molecular formula is C17H18N8O3S. The highest BCUT2D eigenvalue weighted by Gasteiger charge is 2.44. The SMILES string of the molecule is Nc1ncnc2c1ncn2C1OC(CSCn2cnc3ncccc32)C(O)C1O. The normalized spacial score (nSPS) is 24.6. The molecule has 0 bridgehead atoms. The van der Waals surface area contributed by atoms with E-state index >= 15 is 0 Å². The summed E-state index contributed by atoms with van der Waals surface area (Å²) in [6.45, 7) is 0. The van der Waals surface area contributed by atoms with Crippen LogP contribution in [0.5, 0.6) is 0 Å². The fourth-order valence-electron chi connectivity index (χ4n) is 3.42. The van der Waals surface area contributed by atoms with E-state index in [2.05, 4.69) is 24.9 Å². The smallest absolute Gasteiger partial charge is 0.177 e. The summed E-state index contributed by atoms with van der Waals surface area (Å²) in [6.07, 6.45) is 2.73. The van der Waals surface area contributed by atoms with Crippen molar-refractivity contribution in [3.8, 4) is 0 Å². The summed E-state index contributed by atoms with van der Waals surface area (Å²) in [7, 11) is 0. The summed E-state index contributed by atoms with van der Waals surface area (Å²) in [4.78, 5) is 20.7. The van der Waals surface area contributed by atoms with Crippen LogP contribution in [0.1, 0.15) is 6.23 Å². The van der Waals surface area contributed by atoms with Crippen LogP contribution in [0.2, 0.25) is 0 Å². The number of hydrogen-bond acceptors (Lipinski definition) is 10. The van der Waals surface area contributed by atoms with Gasteiger partial charge < -0.3 is 25.3 Å². The number of aromatic nitrogens is 7. The van der Waals surface area contributed by atoms with E-state index in [1.165, 1.54) is 12.7 Å². The van der Waals surface area contributed by atoms with Crippen LogP contribution >= 0.6 is 11.8 Å². The minimum atomic E-state index is -1.12. The first kappa shape index (κ1) is 18.2. The maximum absolute atomic E-state index is 10.5. The number of aliphatic hydroxyl groups is 2. The molecular weight excluding hydrogens is 396 g/mol. The lowest BCUT2D eigenvalue weighted by Crippen LogP contribution is -2.32. The number of hydrogen-bond donors (Lipinski definition) is 3. The van der Waals surface area contributed by atoms with Gasteiger partial charge in [-0.1, -0.05) is 0 Å². The van der Waals surface area contributed by atoms with Crippen molar-refractivity contribution in [2.45, 2.75) is 30.4 Å². The Morgan fingerprint density at radius 1 is 1.10 bits per heavy atom. The molecule has 1 aliphatic heterocycles. The number of thioether (sulfide) groups is 1. The summed E-state index contributed by atoms with van der Waals surface area (Å²) in [5.74, 6) is 1.35. The van der Waals surface area contributed by atoms with Crippen LogP contribution in [0.15, 0.2) is 37.3 Å². The predicted molar refractivity (Wildman–Crippen MR) is 106 cm³/mol. The van der Waals surface area contributed by atoms with Gasteiger partial charge in [-0.3, -0.25) is 4.57 Å². The van der Waals surface area contributed by atoms with E-state index in [9.17, 15) is 10.2 Å². The van der Waals surface area contributed by atoms with Gasteiger partial charge in [-0.05, 0) is 12.1 Å². The Balaban J connectivity index is 1.29. The van der Waals surface area contributed by atoms with Gasteiger partial charge in [0.15, 0.2) is 23.3 Å². The molecule has 4 unspecified atom stereocenters. The molecule has 0 radical (unpaired) electrons. The zero-order valence-corrected chi connectivity index (χ0v) is 15.9. The highest BCUT2D eigenvalue weighted by Crippen LogP contribution is 2.33. The third kappa shape index (κ3) is 3.09. The molecule has 5 rings (SSSR count). The van der Waals surface area contributed by atoms with Crippen LogP contribution in [-0.2, 0) is 10.6 Å². The number of aliphatic hydroxyl groups excluding tert-OH is 2. The Morgan fingerprint density at radius 3 is 2.90 bits per heavy atom. The van der Waals surface area contributed by atoms with Crippen LogP contribution in [0.3, 0.4) is 0 Å². The molecule has 1 saturated heterocycles. The summed E-state index contributed by atoms with van der Waals surface area (Å²) < 4.78 is 9.50. The number of imidazole rings is 2. The summed E-state index contributed by atoms with van der Waals surface area (Å²) in [5, 5.41) is 21.0. The Labute approximate surface area is 168 Å². The van der Waals surface area contributed by atoms with Gasteiger partial charge >= 0.3 is 0 Å². The van der Waals surface area contributed by atoms with Gasteiger partial charge in [0, 0.05) is 11.9 Å². The highest BCUT2D eigenvalue weighted by atomic mass is 32.2. The Hall–Kier alpha value is -2.80. The zero-order chi connectivity index (χ0) is 20.0. The van der Waals surface area contributed by atoms with Crippen molar-refractivity contribution in [3.63, 3.8) is 0 Å². The number of nitrogen functional groups attached to an aromatic ring is 1. The average molecular weight is 414 g/mol. The molecule has 0 aromatic carbocycles. The third-order valence-electron chi connectivity index (χ3n) is 4.91. The first-order valence-corrected chi connectivity index (χ1v) is 10.1. The van der Waals surface area contributed by atoms with E-state index in [1.54, 1.807) is 28.9 Å². The van der Waals surface area contributed by atoms with E-state index in [-0.39, 0.29) is 5.82 Å².